The Labute approximate surface area is 186 Å². The first-order valence-corrected chi connectivity index (χ1v) is 10.5. The molecule has 166 valence electrons. The molecule has 0 unspecified atom stereocenters. The minimum Gasteiger partial charge on any atom is -0.495 e. The molecule has 4 rings (SSSR count). The Bertz CT molecular complexity index is 1160. The highest BCUT2D eigenvalue weighted by molar-refractivity contribution is 5.95. The first-order chi connectivity index (χ1) is 15.5. The summed E-state index contributed by atoms with van der Waals surface area (Å²) in [5.74, 6) is 1.03. The summed E-state index contributed by atoms with van der Waals surface area (Å²) in [4.78, 5) is 22.4. The fourth-order valence-corrected chi connectivity index (χ4v) is 3.92. The summed E-state index contributed by atoms with van der Waals surface area (Å²) in [6, 6.07) is 8.89. The summed E-state index contributed by atoms with van der Waals surface area (Å²) in [6.07, 6.45) is 4.50. The highest BCUT2D eigenvalue weighted by Crippen LogP contribution is 2.34. The van der Waals surface area contributed by atoms with Crippen molar-refractivity contribution in [3.8, 4) is 5.75 Å². The molecule has 1 saturated heterocycles. The number of nitrogens with zero attached hydrogens (tertiary/aromatic N) is 3. The average Bonchev–Trinajstić information content (AvgIpc) is 2.81. The van der Waals surface area contributed by atoms with Crippen molar-refractivity contribution in [2.75, 3.05) is 30.8 Å². The Hall–Kier alpha value is -3.68. The van der Waals surface area contributed by atoms with Crippen molar-refractivity contribution in [2.24, 2.45) is 0 Å². The van der Waals surface area contributed by atoms with Crippen LogP contribution in [-0.4, -0.2) is 47.0 Å². The molecule has 3 aromatic rings. The number of nitrogens with one attached hydrogen (secondary N) is 2. The topological polar surface area (TPSA) is 79.4 Å². The quantitative estimate of drug-likeness (QED) is 0.558. The zero-order valence-electron chi connectivity index (χ0n) is 18.2. The van der Waals surface area contributed by atoms with Crippen molar-refractivity contribution >= 4 is 34.0 Å². The highest BCUT2D eigenvalue weighted by Gasteiger charge is 2.22. The zero-order valence-corrected chi connectivity index (χ0v) is 18.2. The smallest absolute Gasteiger partial charge is 0.245 e. The SMILES string of the molecule is C=CC(=O)N1CCC(Nc2cc3c(Nc4ccc(F)c(C)c4)ncnc3cc2OC)CC1. The van der Waals surface area contributed by atoms with Gasteiger partial charge in [-0.1, -0.05) is 6.58 Å². The normalized spacial score (nSPS) is 14.3. The minimum absolute atomic E-state index is 0.0318. The van der Waals surface area contributed by atoms with E-state index in [1.807, 2.05) is 17.0 Å². The minimum atomic E-state index is -0.250. The van der Waals surface area contributed by atoms with Crippen LogP contribution in [0.1, 0.15) is 18.4 Å². The predicted octanol–water partition coefficient (Wildman–Crippen LogP) is 4.42. The largest absolute Gasteiger partial charge is 0.495 e. The summed E-state index contributed by atoms with van der Waals surface area (Å²) in [6.45, 7) is 6.64. The van der Waals surface area contributed by atoms with Crippen molar-refractivity contribution in [2.45, 2.75) is 25.8 Å². The second kappa shape index (κ2) is 9.21. The van der Waals surface area contributed by atoms with Gasteiger partial charge in [0, 0.05) is 36.3 Å². The molecule has 0 saturated carbocycles. The third kappa shape index (κ3) is 4.49. The molecule has 2 heterocycles. The number of anilines is 3. The number of amides is 1. The molecule has 1 aliphatic rings. The number of aryl methyl sites for hydroxylation is 1. The van der Waals surface area contributed by atoms with Gasteiger partial charge in [0.15, 0.2) is 0 Å². The van der Waals surface area contributed by atoms with Crippen LogP contribution in [0.2, 0.25) is 0 Å². The number of aromatic nitrogens is 2. The lowest BCUT2D eigenvalue weighted by Crippen LogP contribution is -2.41. The monoisotopic (exact) mass is 435 g/mol. The predicted molar refractivity (Wildman–Crippen MR) is 124 cm³/mol. The molecule has 0 bridgehead atoms. The fourth-order valence-electron chi connectivity index (χ4n) is 3.92. The van der Waals surface area contributed by atoms with E-state index in [1.165, 1.54) is 18.5 Å². The molecule has 1 amide bonds. The number of hydrogen-bond donors (Lipinski definition) is 2. The van der Waals surface area contributed by atoms with Crippen LogP contribution < -0.4 is 15.4 Å². The van der Waals surface area contributed by atoms with Crippen LogP contribution in [0.25, 0.3) is 10.9 Å². The molecule has 0 aliphatic carbocycles. The van der Waals surface area contributed by atoms with Gasteiger partial charge in [0.1, 0.15) is 23.7 Å². The van der Waals surface area contributed by atoms with E-state index >= 15 is 0 Å². The zero-order chi connectivity index (χ0) is 22.7. The van der Waals surface area contributed by atoms with Gasteiger partial charge in [-0.15, -0.1) is 0 Å². The number of carbonyl (C=O) groups excluding carboxylic acids is 1. The van der Waals surface area contributed by atoms with Crippen molar-refractivity contribution in [3.63, 3.8) is 0 Å². The van der Waals surface area contributed by atoms with Crippen LogP contribution in [0.15, 0.2) is 49.3 Å². The molecule has 8 heteroatoms. The number of fused-ring (bicyclic) bond motifs is 1. The third-order valence-corrected chi connectivity index (χ3v) is 5.72. The van der Waals surface area contributed by atoms with Gasteiger partial charge in [0.25, 0.3) is 0 Å². The van der Waals surface area contributed by atoms with E-state index in [4.69, 9.17) is 4.74 Å². The van der Waals surface area contributed by atoms with Crippen LogP contribution in [-0.2, 0) is 4.79 Å². The summed E-state index contributed by atoms with van der Waals surface area (Å²) >= 11 is 0. The number of methoxy groups -OCH3 is 1. The number of piperidine rings is 1. The van der Waals surface area contributed by atoms with Crippen molar-refractivity contribution in [1.29, 1.82) is 0 Å². The van der Waals surface area contributed by atoms with Crippen LogP contribution in [0, 0.1) is 12.7 Å². The summed E-state index contributed by atoms with van der Waals surface area (Å²) < 4.78 is 19.2. The van der Waals surface area contributed by atoms with Gasteiger partial charge in [-0.2, -0.15) is 0 Å². The van der Waals surface area contributed by atoms with Crippen LogP contribution in [0.5, 0.6) is 5.75 Å². The Morgan fingerprint density at radius 2 is 2.03 bits per heavy atom. The number of benzene rings is 2. The summed E-state index contributed by atoms with van der Waals surface area (Å²) in [7, 11) is 1.62. The van der Waals surface area contributed by atoms with E-state index in [0.717, 1.165) is 35.1 Å². The third-order valence-electron chi connectivity index (χ3n) is 5.72. The molecule has 0 spiro atoms. The molecule has 2 N–H and O–H groups in total. The Kier molecular flexibility index (Phi) is 6.20. The van der Waals surface area contributed by atoms with Gasteiger partial charge in [0.05, 0.1) is 18.3 Å². The number of likely N-dealkylation sites (tertiary alicyclic amines) is 1. The van der Waals surface area contributed by atoms with Crippen LogP contribution in [0.4, 0.5) is 21.6 Å². The number of rotatable bonds is 6. The van der Waals surface area contributed by atoms with Crippen LogP contribution >= 0.6 is 0 Å². The van der Waals surface area contributed by atoms with Gasteiger partial charge < -0.3 is 20.3 Å². The second-order valence-corrected chi connectivity index (χ2v) is 7.83. The molecule has 0 atom stereocenters. The lowest BCUT2D eigenvalue weighted by atomic mass is 10.0. The number of ether oxygens (including phenoxy) is 1. The lowest BCUT2D eigenvalue weighted by Gasteiger charge is -2.32. The number of carbonyl (C=O) groups is 1. The van der Waals surface area contributed by atoms with E-state index in [9.17, 15) is 9.18 Å². The standard InChI is InChI=1S/C24H26FN5O2/c1-4-23(31)30-9-7-16(8-10-30)28-21-12-18-20(13-22(21)32-3)26-14-27-24(18)29-17-5-6-19(25)15(2)11-17/h4-6,11-14,16,28H,1,7-10H2,2-3H3,(H,26,27,29). The van der Waals surface area contributed by atoms with E-state index in [-0.39, 0.29) is 17.8 Å². The maximum Gasteiger partial charge on any atom is 0.245 e. The Morgan fingerprint density at radius 3 is 2.72 bits per heavy atom. The molecular formula is C24H26FN5O2. The second-order valence-electron chi connectivity index (χ2n) is 7.83. The van der Waals surface area contributed by atoms with E-state index in [2.05, 4.69) is 27.2 Å². The van der Waals surface area contributed by atoms with Gasteiger partial charge in [-0.05, 0) is 55.7 Å². The molecule has 1 fully saturated rings. The van der Waals surface area contributed by atoms with Crippen molar-refractivity contribution in [3.05, 3.63) is 60.7 Å². The fraction of sp³-hybridized carbons (Fsp3) is 0.292. The van der Waals surface area contributed by atoms with Gasteiger partial charge in [0.2, 0.25) is 5.91 Å². The summed E-state index contributed by atoms with van der Waals surface area (Å²) in [5.41, 5.74) is 2.86. The molecule has 32 heavy (non-hydrogen) atoms. The Balaban J connectivity index is 1.60. The van der Waals surface area contributed by atoms with Crippen molar-refractivity contribution < 1.29 is 13.9 Å². The maximum absolute atomic E-state index is 13.6. The molecular weight excluding hydrogens is 409 g/mol. The summed E-state index contributed by atoms with van der Waals surface area (Å²) in [5, 5.41) is 7.64. The molecule has 1 aliphatic heterocycles. The Morgan fingerprint density at radius 1 is 1.25 bits per heavy atom. The van der Waals surface area contributed by atoms with E-state index in [0.29, 0.717) is 30.2 Å². The first-order valence-electron chi connectivity index (χ1n) is 10.5. The van der Waals surface area contributed by atoms with E-state index in [1.54, 1.807) is 26.2 Å². The van der Waals surface area contributed by atoms with Gasteiger partial charge >= 0.3 is 0 Å². The van der Waals surface area contributed by atoms with Crippen molar-refractivity contribution in [1.82, 2.24) is 14.9 Å². The number of hydrogen-bond acceptors (Lipinski definition) is 6. The highest BCUT2D eigenvalue weighted by atomic mass is 19.1. The maximum atomic E-state index is 13.6. The number of halogens is 1. The lowest BCUT2D eigenvalue weighted by molar-refractivity contribution is -0.126. The molecule has 2 aromatic carbocycles. The first kappa shape index (κ1) is 21.5. The average molecular weight is 436 g/mol. The van der Waals surface area contributed by atoms with Gasteiger partial charge in [-0.3, -0.25) is 4.79 Å². The molecule has 7 nitrogen and oxygen atoms in total. The molecule has 0 radical (unpaired) electrons. The molecule has 1 aromatic heterocycles. The van der Waals surface area contributed by atoms with Gasteiger partial charge in [-0.25, -0.2) is 14.4 Å². The van der Waals surface area contributed by atoms with Crippen LogP contribution in [0.3, 0.4) is 0 Å². The van der Waals surface area contributed by atoms with E-state index < -0.39 is 0 Å².